The van der Waals surface area contributed by atoms with Gasteiger partial charge in [0.2, 0.25) is 11.8 Å². The number of aromatic nitrogens is 1. The number of amides is 2. The van der Waals surface area contributed by atoms with Crippen LogP contribution in [0.25, 0.3) is 0 Å². The number of rotatable bonds is 7. The molecule has 2 N–H and O–H groups in total. The normalized spacial score (nSPS) is 19.6. The maximum Gasteiger partial charge on any atom is 0.251 e. The molecule has 0 aliphatic carbocycles. The summed E-state index contributed by atoms with van der Waals surface area (Å²) in [5, 5.41) is 5.89. The van der Waals surface area contributed by atoms with Crippen molar-refractivity contribution in [3.8, 4) is 5.88 Å². The van der Waals surface area contributed by atoms with Crippen LogP contribution in [0.4, 0.5) is 0 Å². The van der Waals surface area contributed by atoms with E-state index >= 15 is 0 Å². The zero-order chi connectivity index (χ0) is 19.2. The minimum Gasteiger partial charge on any atom is -0.481 e. The Bertz CT molecular complexity index is 778. The smallest absolute Gasteiger partial charge is 0.251 e. The fourth-order valence-corrected chi connectivity index (χ4v) is 3.30. The Hall–Kier alpha value is -2.87. The van der Waals surface area contributed by atoms with Crippen LogP contribution in [0.2, 0.25) is 0 Å². The van der Waals surface area contributed by atoms with E-state index in [1.54, 1.807) is 24.7 Å². The number of nitrogens with one attached hydrogen (secondary N) is 2. The Morgan fingerprint density at radius 1 is 1.41 bits per heavy atom. The molecule has 0 bridgehead atoms. The van der Waals surface area contributed by atoms with E-state index in [9.17, 15) is 9.59 Å². The van der Waals surface area contributed by atoms with E-state index in [0.29, 0.717) is 37.5 Å². The Morgan fingerprint density at radius 3 is 2.96 bits per heavy atom. The second kappa shape index (κ2) is 8.68. The minimum absolute atomic E-state index is 0.0247. The van der Waals surface area contributed by atoms with Gasteiger partial charge in [-0.1, -0.05) is 0 Å². The van der Waals surface area contributed by atoms with Crippen LogP contribution in [-0.4, -0.2) is 54.0 Å². The van der Waals surface area contributed by atoms with Crippen LogP contribution in [-0.2, 0) is 11.3 Å². The van der Waals surface area contributed by atoms with E-state index in [4.69, 9.17) is 9.15 Å². The third-order valence-corrected chi connectivity index (χ3v) is 4.56. The number of carbonyl (C=O) groups excluding carboxylic acids is 2. The van der Waals surface area contributed by atoms with Crippen LogP contribution in [0.5, 0.6) is 5.88 Å². The number of likely N-dealkylation sites (N-methyl/N-ethyl adjacent to an activating group) is 1. The summed E-state index contributed by atoms with van der Waals surface area (Å²) >= 11 is 0. The van der Waals surface area contributed by atoms with Gasteiger partial charge in [0, 0.05) is 49.1 Å². The first-order valence-electron chi connectivity index (χ1n) is 8.94. The lowest BCUT2D eigenvalue weighted by Crippen LogP contribution is -2.42. The molecule has 1 aliphatic rings. The van der Waals surface area contributed by atoms with Crippen molar-refractivity contribution in [1.82, 2.24) is 20.5 Å². The highest BCUT2D eigenvalue weighted by molar-refractivity contribution is 5.94. The lowest BCUT2D eigenvalue weighted by Gasteiger charge is -2.22. The largest absolute Gasteiger partial charge is 0.481 e. The van der Waals surface area contributed by atoms with Crippen LogP contribution in [0.1, 0.15) is 29.3 Å². The molecule has 0 aromatic carbocycles. The number of pyridine rings is 1. The minimum atomic E-state index is -0.294. The number of ether oxygens (including phenoxy) is 1. The highest BCUT2D eigenvalue weighted by Crippen LogP contribution is 2.22. The van der Waals surface area contributed by atoms with E-state index in [1.165, 1.54) is 13.3 Å². The third-order valence-electron chi connectivity index (χ3n) is 4.56. The molecular weight excluding hydrogens is 348 g/mol. The van der Waals surface area contributed by atoms with Crippen LogP contribution >= 0.6 is 0 Å². The molecule has 0 unspecified atom stereocenters. The van der Waals surface area contributed by atoms with Crippen LogP contribution < -0.4 is 15.4 Å². The summed E-state index contributed by atoms with van der Waals surface area (Å²) in [5.74, 6) is 0.152. The molecule has 144 valence electrons. The van der Waals surface area contributed by atoms with Gasteiger partial charge in [0.25, 0.3) is 5.91 Å². The molecule has 0 radical (unpaired) electrons. The van der Waals surface area contributed by atoms with Gasteiger partial charge >= 0.3 is 0 Å². The van der Waals surface area contributed by atoms with Crippen LogP contribution in [0.15, 0.2) is 41.3 Å². The lowest BCUT2D eigenvalue weighted by molar-refractivity contribution is -0.125. The predicted molar refractivity (Wildman–Crippen MR) is 98.2 cm³/mol. The summed E-state index contributed by atoms with van der Waals surface area (Å²) < 4.78 is 10.2. The molecule has 1 aliphatic heterocycles. The predicted octanol–water partition coefficient (Wildman–Crippen LogP) is 1.19. The van der Waals surface area contributed by atoms with Crippen LogP contribution in [0.3, 0.4) is 0 Å². The zero-order valence-electron chi connectivity index (χ0n) is 15.5. The summed E-state index contributed by atoms with van der Waals surface area (Å²) in [4.78, 5) is 31.1. The van der Waals surface area contributed by atoms with Crippen molar-refractivity contribution in [3.63, 3.8) is 0 Å². The van der Waals surface area contributed by atoms with Crippen molar-refractivity contribution in [2.75, 3.05) is 20.2 Å². The highest BCUT2D eigenvalue weighted by atomic mass is 16.5. The molecule has 3 heterocycles. The second-order valence-electron chi connectivity index (χ2n) is 6.46. The first-order chi connectivity index (χ1) is 13.1. The summed E-state index contributed by atoms with van der Waals surface area (Å²) in [7, 11) is 1.51. The van der Waals surface area contributed by atoms with Crippen molar-refractivity contribution < 1.29 is 18.7 Å². The SMILES string of the molecule is CCNC(=O)[C@@H]1C[C@H](NC(=O)c2ccnc(OC)c2)CN1Cc1ccoc1. The third kappa shape index (κ3) is 4.65. The average molecular weight is 372 g/mol. The number of likely N-dealkylation sites (tertiary alicyclic amines) is 1. The van der Waals surface area contributed by atoms with Gasteiger partial charge in [-0.05, 0) is 25.5 Å². The number of carbonyl (C=O) groups is 2. The molecule has 1 saturated heterocycles. The molecule has 3 rings (SSSR count). The Morgan fingerprint density at radius 2 is 2.26 bits per heavy atom. The Balaban J connectivity index is 1.68. The number of furan rings is 1. The van der Waals surface area contributed by atoms with Crippen molar-refractivity contribution in [3.05, 3.63) is 48.0 Å². The molecule has 2 amide bonds. The van der Waals surface area contributed by atoms with E-state index in [2.05, 4.69) is 20.5 Å². The van der Waals surface area contributed by atoms with Gasteiger partial charge in [0.15, 0.2) is 0 Å². The molecule has 0 spiro atoms. The molecule has 1 fully saturated rings. The Labute approximate surface area is 157 Å². The molecule has 8 nitrogen and oxygen atoms in total. The number of methoxy groups -OCH3 is 1. The molecule has 2 aromatic heterocycles. The number of hydrogen-bond acceptors (Lipinski definition) is 6. The first-order valence-corrected chi connectivity index (χ1v) is 8.94. The molecule has 0 saturated carbocycles. The van der Waals surface area contributed by atoms with E-state index in [0.717, 1.165) is 5.56 Å². The maximum atomic E-state index is 12.6. The first kappa shape index (κ1) is 18.9. The van der Waals surface area contributed by atoms with Crippen molar-refractivity contribution in [2.45, 2.75) is 32.0 Å². The van der Waals surface area contributed by atoms with Crippen molar-refractivity contribution >= 4 is 11.8 Å². The van der Waals surface area contributed by atoms with E-state index in [1.807, 2.05) is 13.0 Å². The van der Waals surface area contributed by atoms with Gasteiger partial charge in [-0.3, -0.25) is 14.5 Å². The Kier molecular flexibility index (Phi) is 6.08. The fourth-order valence-electron chi connectivity index (χ4n) is 3.30. The monoisotopic (exact) mass is 372 g/mol. The molecular formula is C19H24N4O4. The second-order valence-corrected chi connectivity index (χ2v) is 6.46. The summed E-state index contributed by atoms with van der Waals surface area (Å²) in [6.07, 6.45) is 5.37. The van der Waals surface area contributed by atoms with E-state index in [-0.39, 0.29) is 23.9 Å². The molecule has 2 aromatic rings. The van der Waals surface area contributed by atoms with Gasteiger partial charge in [0.05, 0.1) is 25.7 Å². The highest BCUT2D eigenvalue weighted by Gasteiger charge is 2.37. The lowest BCUT2D eigenvalue weighted by atomic mass is 10.1. The molecule has 8 heteroatoms. The summed E-state index contributed by atoms with van der Waals surface area (Å²) in [6, 6.07) is 4.68. The summed E-state index contributed by atoms with van der Waals surface area (Å²) in [5.41, 5.74) is 1.47. The molecule has 27 heavy (non-hydrogen) atoms. The summed E-state index contributed by atoms with van der Waals surface area (Å²) in [6.45, 7) is 3.64. The van der Waals surface area contributed by atoms with Crippen molar-refractivity contribution in [1.29, 1.82) is 0 Å². The fraction of sp³-hybridized carbons (Fsp3) is 0.421. The number of hydrogen-bond donors (Lipinski definition) is 2. The molecule has 2 atom stereocenters. The van der Waals surface area contributed by atoms with Crippen LogP contribution in [0, 0.1) is 0 Å². The average Bonchev–Trinajstić information content (AvgIpc) is 3.32. The standard InChI is InChI=1S/C19H24N4O4/c1-3-20-19(25)16-9-15(11-23(16)10-13-5-7-27-12-13)22-18(24)14-4-6-21-17(8-14)26-2/h4-8,12,15-16H,3,9-11H2,1-2H3,(H,20,25)(H,22,24)/t15-,16-/m0/s1. The maximum absolute atomic E-state index is 12.6. The quantitative estimate of drug-likeness (QED) is 0.758. The van der Waals surface area contributed by atoms with Crippen molar-refractivity contribution in [2.24, 2.45) is 0 Å². The van der Waals surface area contributed by atoms with Gasteiger partial charge in [-0.15, -0.1) is 0 Å². The van der Waals surface area contributed by atoms with Gasteiger partial charge in [-0.25, -0.2) is 4.98 Å². The zero-order valence-corrected chi connectivity index (χ0v) is 15.5. The van der Waals surface area contributed by atoms with Gasteiger partial charge < -0.3 is 19.8 Å². The van der Waals surface area contributed by atoms with Gasteiger partial charge in [0.1, 0.15) is 0 Å². The number of nitrogens with zero attached hydrogens (tertiary/aromatic N) is 2. The van der Waals surface area contributed by atoms with E-state index < -0.39 is 0 Å². The van der Waals surface area contributed by atoms with Gasteiger partial charge in [-0.2, -0.15) is 0 Å². The topological polar surface area (TPSA) is 96.7 Å².